The van der Waals surface area contributed by atoms with Crippen molar-refractivity contribution in [3.63, 3.8) is 0 Å². The van der Waals surface area contributed by atoms with Gasteiger partial charge >= 0.3 is 0 Å². The fraction of sp³-hybridized carbons (Fsp3) is 0.182. The predicted molar refractivity (Wildman–Crippen MR) is 64.9 cm³/mol. The second-order valence-corrected chi connectivity index (χ2v) is 5.15. The SMILES string of the molecule is C/C=C(\C)Sc1ccnc2ccsc12. The van der Waals surface area contributed by atoms with Crippen molar-refractivity contribution >= 4 is 33.3 Å². The average molecular weight is 221 g/mol. The van der Waals surface area contributed by atoms with Gasteiger partial charge in [0, 0.05) is 11.1 Å². The van der Waals surface area contributed by atoms with Gasteiger partial charge in [0.05, 0.1) is 10.2 Å². The van der Waals surface area contributed by atoms with E-state index in [0.29, 0.717) is 0 Å². The van der Waals surface area contributed by atoms with Crippen molar-refractivity contribution < 1.29 is 0 Å². The van der Waals surface area contributed by atoms with E-state index in [0.717, 1.165) is 5.52 Å². The topological polar surface area (TPSA) is 12.9 Å². The minimum Gasteiger partial charge on any atom is -0.255 e. The summed E-state index contributed by atoms with van der Waals surface area (Å²) in [5.74, 6) is 0. The van der Waals surface area contributed by atoms with Crippen molar-refractivity contribution in [2.45, 2.75) is 18.7 Å². The number of thioether (sulfide) groups is 1. The minimum atomic E-state index is 1.10. The number of pyridine rings is 1. The zero-order chi connectivity index (χ0) is 9.97. The van der Waals surface area contributed by atoms with Crippen LogP contribution in [0.3, 0.4) is 0 Å². The molecule has 0 atom stereocenters. The van der Waals surface area contributed by atoms with Crippen LogP contribution in [0.1, 0.15) is 13.8 Å². The smallest absolute Gasteiger partial charge is 0.0821 e. The molecule has 14 heavy (non-hydrogen) atoms. The molecule has 0 fully saturated rings. The third-order valence-corrected chi connectivity index (χ3v) is 4.17. The molecule has 2 aromatic heterocycles. The summed E-state index contributed by atoms with van der Waals surface area (Å²) in [6.07, 6.45) is 4.00. The molecule has 72 valence electrons. The monoisotopic (exact) mass is 221 g/mol. The van der Waals surface area contributed by atoms with Crippen LogP contribution in [0.2, 0.25) is 0 Å². The summed E-state index contributed by atoms with van der Waals surface area (Å²) in [6, 6.07) is 4.14. The first-order valence-electron chi connectivity index (χ1n) is 4.44. The molecule has 0 spiro atoms. The third-order valence-electron chi connectivity index (χ3n) is 1.99. The van der Waals surface area contributed by atoms with Gasteiger partial charge in [0.15, 0.2) is 0 Å². The van der Waals surface area contributed by atoms with Crippen molar-refractivity contribution in [3.8, 4) is 0 Å². The van der Waals surface area contributed by atoms with Gasteiger partial charge in [0.2, 0.25) is 0 Å². The lowest BCUT2D eigenvalue weighted by Crippen LogP contribution is -1.76. The fourth-order valence-electron chi connectivity index (χ4n) is 1.16. The maximum Gasteiger partial charge on any atom is 0.0821 e. The Labute approximate surface area is 91.9 Å². The molecule has 0 aliphatic heterocycles. The van der Waals surface area contributed by atoms with E-state index < -0.39 is 0 Å². The molecule has 0 radical (unpaired) electrons. The number of thiophene rings is 1. The highest BCUT2D eigenvalue weighted by atomic mass is 32.2. The van der Waals surface area contributed by atoms with Gasteiger partial charge in [-0.05, 0) is 36.3 Å². The summed E-state index contributed by atoms with van der Waals surface area (Å²) in [7, 11) is 0. The van der Waals surface area contributed by atoms with Crippen LogP contribution in [0.4, 0.5) is 0 Å². The summed E-state index contributed by atoms with van der Waals surface area (Å²) >= 11 is 3.57. The molecule has 0 unspecified atom stereocenters. The highest BCUT2D eigenvalue weighted by Crippen LogP contribution is 2.34. The van der Waals surface area contributed by atoms with Gasteiger partial charge < -0.3 is 0 Å². The van der Waals surface area contributed by atoms with E-state index in [9.17, 15) is 0 Å². The Morgan fingerprint density at radius 1 is 1.50 bits per heavy atom. The molecule has 0 aliphatic rings. The van der Waals surface area contributed by atoms with Gasteiger partial charge in [0.25, 0.3) is 0 Å². The molecule has 0 amide bonds. The van der Waals surface area contributed by atoms with E-state index in [4.69, 9.17) is 0 Å². The Kier molecular flexibility index (Phi) is 2.89. The lowest BCUT2D eigenvalue weighted by Gasteiger charge is -2.01. The number of fused-ring (bicyclic) bond motifs is 1. The number of aromatic nitrogens is 1. The Morgan fingerprint density at radius 3 is 3.14 bits per heavy atom. The first-order valence-corrected chi connectivity index (χ1v) is 6.14. The molecule has 2 aromatic rings. The second kappa shape index (κ2) is 4.15. The van der Waals surface area contributed by atoms with Crippen molar-refractivity contribution in [2.24, 2.45) is 0 Å². The highest BCUT2D eigenvalue weighted by Gasteiger charge is 2.03. The normalized spacial score (nSPS) is 12.3. The van der Waals surface area contributed by atoms with Crippen molar-refractivity contribution in [2.75, 3.05) is 0 Å². The van der Waals surface area contributed by atoms with E-state index >= 15 is 0 Å². The lowest BCUT2D eigenvalue weighted by atomic mass is 10.4. The van der Waals surface area contributed by atoms with E-state index in [1.165, 1.54) is 14.5 Å². The Hall–Kier alpha value is -0.800. The first kappa shape index (κ1) is 9.74. The summed E-state index contributed by atoms with van der Waals surface area (Å²) in [5.41, 5.74) is 1.10. The standard InChI is InChI=1S/C11H11NS2/c1-3-8(2)14-10-4-6-12-9-5-7-13-11(9)10/h3-7H,1-2H3/b8-3+. The van der Waals surface area contributed by atoms with Crippen molar-refractivity contribution in [3.05, 3.63) is 34.7 Å². The number of allylic oxidation sites excluding steroid dienone is 2. The zero-order valence-electron chi connectivity index (χ0n) is 8.15. The van der Waals surface area contributed by atoms with E-state index in [-0.39, 0.29) is 0 Å². The predicted octanol–water partition coefficient (Wildman–Crippen LogP) is 4.31. The van der Waals surface area contributed by atoms with Crippen LogP contribution >= 0.6 is 23.1 Å². The van der Waals surface area contributed by atoms with Crippen LogP contribution in [-0.4, -0.2) is 4.98 Å². The van der Waals surface area contributed by atoms with Crippen LogP contribution in [-0.2, 0) is 0 Å². The quantitative estimate of drug-likeness (QED) is 0.701. The Morgan fingerprint density at radius 2 is 2.36 bits per heavy atom. The van der Waals surface area contributed by atoms with Gasteiger partial charge in [-0.25, -0.2) is 0 Å². The summed E-state index contributed by atoms with van der Waals surface area (Å²) in [4.78, 5) is 6.94. The molecule has 2 rings (SSSR count). The molecule has 0 saturated heterocycles. The molecule has 1 nitrogen and oxygen atoms in total. The van der Waals surface area contributed by atoms with Crippen LogP contribution < -0.4 is 0 Å². The van der Waals surface area contributed by atoms with Crippen LogP contribution in [0.5, 0.6) is 0 Å². The molecule has 0 N–H and O–H groups in total. The molecule has 3 heteroatoms. The van der Waals surface area contributed by atoms with E-state index in [1.54, 1.807) is 11.3 Å². The van der Waals surface area contributed by atoms with Crippen molar-refractivity contribution in [1.82, 2.24) is 4.98 Å². The van der Waals surface area contributed by atoms with Crippen molar-refractivity contribution in [1.29, 1.82) is 0 Å². The maximum absolute atomic E-state index is 4.31. The van der Waals surface area contributed by atoms with Crippen LogP contribution in [0.15, 0.2) is 39.6 Å². The summed E-state index contributed by atoms with van der Waals surface area (Å²) in [6.45, 7) is 4.19. The van der Waals surface area contributed by atoms with Gasteiger partial charge in [-0.2, -0.15) is 0 Å². The first-order chi connectivity index (χ1) is 6.81. The van der Waals surface area contributed by atoms with Gasteiger partial charge in [-0.15, -0.1) is 11.3 Å². The van der Waals surface area contributed by atoms with E-state index in [2.05, 4.69) is 42.4 Å². The fourth-order valence-corrected chi connectivity index (χ4v) is 2.98. The zero-order valence-corrected chi connectivity index (χ0v) is 9.78. The molecule has 0 aliphatic carbocycles. The molecule has 0 bridgehead atoms. The molecular weight excluding hydrogens is 210 g/mol. The Balaban J connectivity index is 2.46. The highest BCUT2D eigenvalue weighted by molar-refractivity contribution is 8.03. The van der Waals surface area contributed by atoms with Gasteiger partial charge in [-0.1, -0.05) is 17.8 Å². The van der Waals surface area contributed by atoms with Gasteiger partial charge in [-0.3, -0.25) is 4.98 Å². The number of nitrogens with zero attached hydrogens (tertiary/aromatic N) is 1. The number of hydrogen-bond donors (Lipinski definition) is 0. The Bertz CT molecular complexity index is 471. The number of rotatable bonds is 2. The molecule has 0 saturated carbocycles. The van der Waals surface area contributed by atoms with Crippen LogP contribution in [0.25, 0.3) is 10.2 Å². The molecular formula is C11H11NS2. The van der Waals surface area contributed by atoms with Gasteiger partial charge in [0.1, 0.15) is 0 Å². The van der Waals surface area contributed by atoms with Crippen LogP contribution in [0, 0.1) is 0 Å². The summed E-state index contributed by atoms with van der Waals surface area (Å²) < 4.78 is 1.29. The summed E-state index contributed by atoms with van der Waals surface area (Å²) in [5, 5.41) is 2.09. The average Bonchev–Trinajstić information content (AvgIpc) is 2.66. The minimum absolute atomic E-state index is 1.10. The molecule has 2 heterocycles. The number of hydrogen-bond acceptors (Lipinski definition) is 3. The lowest BCUT2D eigenvalue weighted by molar-refractivity contribution is 1.37. The molecule has 0 aromatic carbocycles. The second-order valence-electron chi connectivity index (χ2n) is 2.95. The largest absolute Gasteiger partial charge is 0.255 e. The maximum atomic E-state index is 4.31. The van der Waals surface area contributed by atoms with E-state index in [1.807, 2.05) is 18.0 Å². The third kappa shape index (κ3) is 1.83.